The number of aryl methyl sites for hydroxylation is 2. The molecule has 0 fully saturated rings. The summed E-state index contributed by atoms with van der Waals surface area (Å²) in [4.78, 5) is 25.6. The lowest BCUT2D eigenvalue weighted by molar-refractivity contribution is -0.115. The smallest absolute Gasteiger partial charge is 0.261 e. The van der Waals surface area contributed by atoms with Crippen LogP contribution in [0.3, 0.4) is 0 Å². The number of anilines is 1. The molecule has 0 saturated heterocycles. The molecule has 1 heterocycles. The first-order valence-corrected chi connectivity index (χ1v) is 8.60. The molecule has 1 aromatic carbocycles. The molecule has 0 spiro atoms. The van der Waals surface area contributed by atoms with Crippen molar-refractivity contribution in [1.82, 2.24) is 5.32 Å². The Morgan fingerprint density at radius 1 is 1.08 bits per heavy atom. The van der Waals surface area contributed by atoms with Gasteiger partial charge in [0.05, 0.1) is 17.1 Å². The third kappa shape index (κ3) is 3.84. The van der Waals surface area contributed by atoms with E-state index in [1.54, 1.807) is 0 Å². The minimum absolute atomic E-state index is 0.389. The standard InChI is InChI=1S/C17H15F3N2O2S/c18-10-5-6-11(16(20)15(10)19)22-14(23)8-21-17(24)13-7-9-3-1-2-4-12(9)25-13/h5-7H,1-4,8H2,(H,21,24)(H,22,23). The lowest BCUT2D eigenvalue weighted by Gasteiger charge is -2.08. The number of carbonyl (C=O) groups excluding carboxylic acids is 2. The van der Waals surface area contributed by atoms with Gasteiger partial charge in [0.2, 0.25) is 5.91 Å². The summed E-state index contributed by atoms with van der Waals surface area (Å²) in [5, 5.41) is 4.54. The monoisotopic (exact) mass is 368 g/mol. The van der Waals surface area contributed by atoms with Crippen LogP contribution in [0, 0.1) is 17.5 Å². The van der Waals surface area contributed by atoms with Crippen molar-refractivity contribution < 1.29 is 22.8 Å². The van der Waals surface area contributed by atoms with Crippen LogP contribution in [0.5, 0.6) is 0 Å². The quantitative estimate of drug-likeness (QED) is 0.813. The second-order valence-corrected chi connectivity index (χ2v) is 6.86. The van der Waals surface area contributed by atoms with Crippen LogP contribution in [0.2, 0.25) is 0 Å². The Morgan fingerprint density at radius 2 is 1.84 bits per heavy atom. The lowest BCUT2D eigenvalue weighted by atomic mass is 9.99. The normalized spacial score (nSPS) is 13.2. The number of hydrogen-bond acceptors (Lipinski definition) is 3. The molecule has 3 rings (SSSR count). The summed E-state index contributed by atoms with van der Waals surface area (Å²) in [5.74, 6) is -5.61. The summed E-state index contributed by atoms with van der Waals surface area (Å²) in [5.41, 5.74) is 0.694. The molecule has 8 heteroatoms. The van der Waals surface area contributed by atoms with Crippen molar-refractivity contribution in [2.75, 3.05) is 11.9 Å². The van der Waals surface area contributed by atoms with Crippen molar-refractivity contribution in [3.05, 3.63) is 51.0 Å². The van der Waals surface area contributed by atoms with E-state index in [0.29, 0.717) is 10.9 Å². The molecule has 0 unspecified atom stereocenters. The number of rotatable bonds is 4. The molecular formula is C17H15F3N2O2S. The first kappa shape index (κ1) is 17.5. The first-order chi connectivity index (χ1) is 12.0. The molecule has 0 saturated carbocycles. The average Bonchev–Trinajstić information content (AvgIpc) is 3.04. The number of thiophene rings is 1. The zero-order chi connectivity index (χ0) is 18.0. The Morgan fingerprint density at radius 3 is 2.60 bits per heavy atom. The Hall–Kier alpha value is -2.35. The van der Waals surface area contributed by atoms with Gasteiger partial charge < -0.3 is 10.6 Å². The summed E-state index contributed by atoms with van der Waals surface area (Å²) in [6.45, 7) is -0.403. The number of nitrogens with one attached hydrogen (secondary N) is 2. The molecule has 2 amide bonds. The van der Waals surface area contributed by atoms with Crippen molar-refractivity contribution in [2.45, 2.75) is 25.7 Å². The number of amides is 2. The first-order valence-electron chi connectivity index (χ1n) is 7.79. The number of hydrogen-bond donors (Lipinski definition) is 2. The van der Waals surface area contributed by atoms with Gasteiger partial charge in [-0.3, -0.25) is 9.59 Å². The van der Waals surface area contributed by atoms with E-state index in [1.807, 2.05) is 6.07 Å². The van der Waals surface area contributed by atoms with Gasteiger partial charge in [-0.25, -0.2) is 13.2 Å². The zero-order valence-corrected chi connectivity index (χ0v) is 13.9. The lowest BCUT2D eigenvalue weighted by Crippen LogP contribution is -2.32. The van der Waals surface area contributed by atoms with Crippen LogP contribution in [-0.4, -0.2) is 18.4 Å². The molecule has 132 valence electrons. The van der Waals surface area contributed by atoms with Gasteiger partial charge >= 0.3 is 0 Å². The Kier molecular flexibility index (Phi) is 5.08. The highest BCUT2D eigenvalue weighted by atomic mass is 32.1. The maximum Gasteiger partial charge on any atom is 0.261 e. The Bertz CT molecular complexity index is 812. The Balaban J connectivity index is 1.58. The highest BCUT2D eigenvalue weighted by Gasteiger charge is 2.19. The average molecular weight is 368 g/mol. The van der Waals surface area contributed by atoms with Gasteiger partial charge in [-0.05, 0) is 49.4 Å². The second kappa shape index (κ2) is 7.26. The van der Waals surface area contributed by atoms with Crippen LogP contribution in [0.4, 0.5) is 18.9 Å². The van der Waals surface area contributed by atoms with Crippen LogP contribution in [-0.2, 0) is 17.6 Å². The molecule has 2 aromatic rings. The molecule has 0 radical (unpaired) electrons. The largest absolute Gasteiger partial charge is 0.342 e. The SMILES string of the molecule is O=C(CNC(=O)c1cc2c(s1)CCCC2)Nc1ccc(F)c(F)c1F. The minimum Gasteiger partial charge on any atom is -0.342 e. The van der Waals surface area contributed by atoms with Crippen molar-refractivity contribution >= 4 is 28.8 Å². The van der Waals surface area contributed by atoms with Gasteiger partial charge in [0.25, 0.3) is 5.91 Å². The van der Waals surface area contributed by atoms with Gasteiger partial charge in [0.1, 0.15) is 0 Å². The summed E-state index contributed by atoms with van der Waals surface area (Å²) in [6.07, 6.45) is 4.13. The van der Waals surface area contributed by atoms with Gasteiger partial charge in [-0.2, -0.15) is 0 Å². The van der Waals surface area contributed by atoms with Gasteiger partial charge in [0.15, 0.2) is 17.5 Å². The number of halogens is 3. The maximum absolute atomic E-state index is 13.5. The number of fused-ring (bicyclic) bond motifs is 1. The van der Waals surface area contributed by atoms with Crippen LogP contribution < -0.4 is 10.6 Å². The van der Waals surface area contributed by atoms with E-state index in [-0.39, 0.29) is 5.91 Å². The summed E-state index contributed by atoms with van der Waals surface area (Å²) in [6, 6.07) is 3.46. The summed E-state index contributed by atoms with van der Waals surface area (Å²) >= 11 is 1.41. The molecule has 25 heavy (non-hydrogen) atoms. The van der Waals surface area contributed by atoms with E-state index in [9.17, 15) is 22.8 Å². The molecule has 4 nitrogen and oxygen atoms in total. The van der Waals surface area contributed by atoms with E-state index in [0.717, 1.165) is 31.7 Å². The van der Waals surface area contributed by atoms with Crippen molar-refractivity contribution in [2.24, 2.45) is 0 Å². The maximum atomic E-state index is 13.5. The van der Waals surface area contributed by atoms with E-state index >= 15 is 0 Å². The number of carbonyl (C=O) groups is 2. The van der Waals surface area contributed by atoms with Crippen LogP contribution in [0.25, 0.3) is 0 Å². The molecule has 1 aliphatic carbocycles. The van der Waals surface area contributed by atoms with Crippen molar-refractivity contribution in [3.63, 3.8) is 0 Å². The van der Waals surface area contributed by atoms with E-state index < -0.39 is 35.6 Å². The predicted molar refractivity (Wildman–Crippen MR) is 88.2 cm³/mol. The zero-order valence-electron chi connectivity index (χ0n) is 13.1. The fourth-order valence-corrected chi connectivity index (χ4v) is 3.84. The van der Waals surface area contributed by atoms with E-state index in [1.165, 1.54) is 21.8 Å². The van der Waals surface area contributed by atoms with E-state index in [4.69, 9.17) is 0 Å². The second-order valence-electron chi connectivity index (χ2n) is 5.72. The topological polar surface area (TPSA) is 58.2 Å². The fraction of sp³-hybridized carbons (Fsp3) is 0.294. The highest BCUT2D eigenvalue weighted by Crippen LogP contribution is 2.29. The van der Waals surface area contributed by atoms with Crippen LogP contribution in [0.15, 0.2) is 18.2 Å². The van der Waals surface area contributed by atoms with Crippen molar-refractivity contribution in [1.29, 1.82) is 0 Å². The van der Waals surface area contributed by atoms with Crippen LogP contribution in [0.1, 0.15) is 33.0 Å². The fourth-order valence-electron chi connectivity index (χ4n) is 2.67. The van der Waals surface area contributed by atoms with Gasteiger partial charge in [0, 0.05) is 4.88 Å². The molecule has 1 aliphatic rings. The van der Waals surface area contributed by atoms with Crippen molar-refractivity contribution in [3.8, 4) is 0 Å². The number of benzene rings is 1. The van der Waals surface area contributed by atoms with Crippen LogP contribution >= 0.6 is 11.3 Å². The summed E-state index contributed by atoms with van der Waals surface area (Å²) < 4.78 is 39.5. The third-order valence-electron chi connectivity index (χ3n) is 3.94. The highest BCUT2D eigenvalue weighted by molar-refractivity contribution is 7.14. The predicted octanol–water partition coefficient (Wildman–Crippen LogP) is 3.41. The van der Waals surface area contributed by atoms with E-state index in [2.05, 4.69) is 10.6 Å². The molecular weight excluding hydrogens is 353 g/mol. The molecule has 0 aliphatic heterocycles. The molecule has 2 N–H and O–H groups in total. The molecule has 0 bridgehead atoms. The minimum atomic E-state index is -1.66. The van der Waals surface area contributed by atoms with Gasteiger partial charge in [-0.15, -0.1) is 11.3 Å². The third-order valence-corrected chi connectivity index (χ3v) is 5.18. The molecule has 1 aromatic heterocycles. The summed E-state index contributed by atoms with van der Waals surface area (Å²) in [7, 11) is 0. The Labute approximate surface area is 146 Å². The molecule has 0 atom stereocenters. The van der Waals surface area contributed by atoms with Gasteiger partial charge in [-0.1, -0.05) is 0 Å².